The Morgan fingerprint density at radius 2 is 1.97 bits per heavy atom. The van der Waals surface area contributed by atoms with E-state index in [0.29, 0.717) is 52.3 Å². The molecule has 1 aliphatic heterocycles. The van der Waals surface area contributed by atoms with E-state index in [1.54, 1.807) is 30.1 Å². The second kappa shape index (κ2) is 9.98. The van der Waals surface area contributed by atoms with Gasteiger partial charge < -0.3 is 9.42 Å². The third-order valence-electron chi connectivity index (χ3n) is 5.68. The molecule has 2 heterocycles. The number of piperidine rings is 1. The largest absolute Gasteiger partial charge is 0.337 e. The van der Waals surface area contributed by atoms with Crippen LogP contribution in [0.3, 0.4) is 0 Å². The molecule has 3 aromatic rings. The predicted molar refractivity (Wildman–Crippen MR) is 121 cm³/mol. The fourth-order valence-electron chi connectivity index (χ4n) is 3.89. The summed E-state index contributed by atoms with van der Waals surface area (Å²) in [5.74, 6) is 0.406. The molecular formula is C23H23Cl2FN4O2. The van der Waals surface area contributed by atoms with Gasteiger partial charge in [-0.05, 0) is 50.2 Å². The molecule has 0 saturated carbocycles. The highest BCUT2D eigenvalue weighted by Crippen LogP contribution is 2.26. The first-order valence-electron chi connectivity index (χ1n) is 10.4. The van der Waals surface area contributed by atoms with Crippen LogP contribution in [0.15, 0.2) is 47.0 Å². The van der Waals surface area contributed by atoms with Gasteiger partial charge in [-0.2, -0.15) is 4.98 Å². The van der Waals surface area contributed by atoms with E-state index in [9.17, 15) is 9.18 Å². The van der Waals surface area contributed by atoms with Crippen molar-refractivity contribution in [1.82, 2.24) is 19.9 Å². The minimum atomic E-state index is -0.300. The molecule has 0 bridgehead atoms. The molecule has 0 atom stereocenters. The van der Waals surface area contributed by atoms with Crippen molar-refractivity contribution in [3.05, 3.63) is 69.8 Å². The Morgan fingerprint density at radius 3 is 2.69 bits per heavy atom. The lowest BCUT2D eigenvalue weighted by atomic mass is 9.95. The summed E-state index contributed by atoms with van der Waals surface area (Å²) in [6.45, 7) is 2.19. The number of aromatic nitrogens is 2. The normalized spacial score (nSPS) is 15.1. The van der Waals surface area contributed by atoms with E-state index in [-0.39, 0.29) is 24.2 Å². The van der Waals surface area contributed by atoms with Crippen molar-refractivity contribution in [2.45, 2.75) is 25.9 Å². The van der Waals surface area contributed by atoms with E-state index in [0.717, 1.165) is 13.1 Å². The van der Waals surface area contributed by atoms with Crippen LogP contribution in [0.25, 0.3) is 11.4 Å². The number of likely N-dealkylation sites (tertiary alicyclic amines) is 1. The van der Waals surface area contributed by atoms with Crippen molar-refractivity contribution in [3.8, 4) is 11.4 Å². The molecule has 0 spiro atoms. The summed E-state index contributed by atoms with van der Waals surface area (Å²) < 4.78 is 19.4. The first kappa shape index (κ1) is 22.7. The summed E-state index contributed by atoms with van der Waals surface area (Å²) in [7, 11) is 1.73. The number of rotatable bonds is 6. The Balaban J connectivity index is 1.30. The minimum Gasteiger partial charge on any atom is -0.337 e. The van der Waals surface area contributed by atoms with Gasteiger partial charge in [0.15, 0.2) is 0 Å². The predicted octanol–water partition coefficient (Wildman–Crippen LogP) is 5.05. The maximum Gasteiger partial charge on any atom is 0.246 e. The molecule has 1 aromatic heterocycles. The van der Waals surface area contributed by atoms with Gasteiger partial charge in [-0.3, -0.25) is 9.69 Å². The molecule has 1 saturated heterocycles. The summed E-state index contributed by atoms with van der Waals surface area (Å²) >= 11 is 12.0. The third-order valence-corrected chi connectivity index (χ3v) is 6.24. The molecule has 1 aliphatic rings. The maximum atomic E-state index is 14.1. The SMILES string of the molecule is CN(Cc1nc(-c2ccccc2Cl)no1)C(=O)C1CCN(Cc2ccc(Cl)cc2F)CC1. The van der Waals surface area contributed by atoms with E-state index in [1.165, 1.54) is 6.07 Å². The lowest BCUT2D eigenvalue weighted by Crippen LogP contribution is -2.40. The molecule has 32 heavy (non-hydrogen) atoms. The van der Waals surface area contributed by atoms with E-state index in [1.807, 2.05) is 18.2 Å². The van der Waals surface area contributed by atoms with Crippen LogP contribution >= 0.6 is 23.2 Å². The van der Waals surface area contributed by atoms with Gasteiger partial charge in [0.05, 0.1) is 11.6 Å². The summed E-state index contributed by atoms with van der Waals surface area (Å²) in [5.41, 5.74) is 1.30. The molecule has 6 nitrogen and oxygen atoms in total. The first-order chi connectivity index (χ1) is 15.4. The number of amides is 1. The van der Waals surface area contributed by atoms with Gasteiger partial charge in [-0.25, -0.2) is 4.39 Å². The molecule has 2 aromatic carbocycles. The molecule has 0 N–H and O–H groups in total. The fraction of sp³-hybridized carbons (Fsp3) is 0.348. The smallest absolute Gasteiger partial charge is 0.246 e. The fourth-order valence-corrected chi connectivity index (χ4v) is 4.27. The van der Waals surface area contributed by atoms with Crippen LogP contribution < -0.4 is 0 Å². The molecular weight excluding hydrogens is 454 g/mol. The highest BCUT2D eigenvalue weighted by atomic mass is 35.5. The van der Waals surface area contributed by atoms with Crippen molar-refractivity contribution < 1.29 is 13.7 Å². The van der Waals surface area contributed by atoms with Crippen molar-refractivity contribution in [2.75, 3.05) is 20.1 Å². The highest BCUT2D eigenvalue weighted by molar-refractivity contribution is 6.33. The Hall–Kier alpha value is -2.48. The lowest BCUT2D eigenvalue weighted by molar-refractivity contribution is -0.136. The number of carbonyl (C=O) groups is 1. The zero-order valence-electron chi connectivity index (χ0n) is 17.6. The molecule has 168 valence electrons. The summed E-state index contributed by atoms with van der Waals surface area (Å²) in [4.78, 5) is 21.1. The van der Waals surface area contributed by atoms with Crippen LogP contribution in [0.5, 0.6) is 0 Å². The van der Waals surface area contributed by atoms with Crippen LogP contribution in [-0.4, -0.2) is 46.0 Å². The van der Waals surface area contributed by atoms with E-state index in [2.05, 4.69) is 15.0 Å². The van der Waals surface area contributed by atoms with Crippen molar-refractivity contribution >= 4 is 29.1 Å². The van der Waals surface area contributed by atoms with Crippen molar-refractivity contribution in [2.24, 2.45) is 5.92 Å². The first-order valence-corrected chi connectivity index (χ1v) is 11.1. The summed E-state index contributed by atoms with van der Waals surface area (Å²) in [6.07, 6.45) is 1.43. The van der Waals surface area contributed by atoms with Gasteiger partial charge in [-0.1, -0.05) is 46.6 Å². The van der Waals surface area contributed by atoms with E-state index < -0.39 is 0 Å². The van der Waals surface area contributed by atoms with Gasteiger partial charge in [0.25, 0.3) is 0 Å². The number of hydrogen-bond donors (Lipinski definition) is 0. The molecule has 1 amide bonds. The quantitative estimate of drug-likeness (QED) is 0.497. The number of benzene rings is 2. The second-order valence-corrected chi connectivity index (χ2v) is 8.82. The van der Waals surface area contributed by atoms with Gasteiger partial charge >= 0.3 is 0 Å². The number of nitrogens with zero attached hydrogens (tertiary/aromatic N) is 4. The van der Waals surface area contributed by atoms with Gasteiger partial charge in [0, 0.05) is 35.7 Å². The monoisotopic (exact) mass is 476 g/mol. The van der Waals surface area contributed by atoms with Crippen LogP contribution in [0, 0.1) is 11.7 Å². The average molecular weight is 477 g/mol. The van der Waals surface area contributed by atoms with Gasteiger partial charge in [0.2, 0.25) is 17.6 Å². The van der Waals surface area contributed by atoms with Crippen LogP contribution in [0.2, 0.25) is 10.0 Å². The summed E-state index contributed by atoms with van der Waals surface area (Å²) in [6, 6.07) is 12.0. The Morgan fingerprint density at radius 1 is 1.22 bits per heavy atom. The van der Waals surface area contributed by atoms with Crippen LogP contribution in [0.1, 0.15) is 24.3 Å². The minimum absolute atomic E-state index is 0.0415. The number of hydrogen-bond acceptors (Lipinski definition) is 5. The third kappa shape index (κ3) is 5.28. The summed E-state index contributed by atoms with van der Waals surface area (Å²) in [5, 5.41) is 4.90. The van der Waals surface area contributed by atoms with Crippen LogP contribution in [-0.2, 0) is 17.9 Å². The second-order valence-electron chi connectivity index (χ2n) is 7.97. The zero-order chi connectivity index (χ0) is 22.7. The Labute approximate surface area is 195 Å². The molecule has 1 fully saturated rings. The number of carbonyl (C=O) groups excluding carboxylic acids is 1. The number of halogens is 3. The topological polar surface area (TPSA) is 62.5 Å². The average Bonchev–Trinajstić information content (AvgIpc) is 3.24. The molecule has 9 heteroatoms. The van der Waals surface area contributed by atoms with E-state index in [4.69, 9.17) is 27.7 Å². The molecule has 0 unspecified atom stereocenters. The van der Waals surface area contributed by atoms with Crippen molar-refractivity contribution in [1.29, 1.82) is 0 Å². The zero-order valence-corrected chi connectivity index (χ0v) is 19.1. The molecule has 0 aliphatic carbocycles. The molecule has 0 radical (unpaired) electrons. The van der Waals surface area contributed by atoms with Crippen LogP contribution in [0.4, 0.5) is 4.39 Å². The Bertz CT molecular complexity index is 1100. The maximum absolute atomic E-state index is 14.1. The van der Waals surface area contributed by atoms with Crippen molar-refractivity contribution in [3.63, 3.8) is 0 Å². The highest BCUT2D eigenvalue weighted by Gasteiger charge is 2.28. The standard InChI is InChI=1S/C23H23Cl2FN4O2/c1-29(14-21-27-22(28-32-21)18-4-2-3-5-19(18)25)23(31)15-8-10-30(11-9-15)13-16-6-7-17(24)12-20(16)26/h2-7,12,15H,8-11,13-14H2,1H3. The van der Waals surface area contributed by atoms with E-state index >= 15 is 0 Å². The molecule has 4 rings (SSSR count). The van der Waals surface area contributed by atoms with Gasteiger partial charge in [-0.15, -0.1) is 0 Å². The Kier molecular flexibility index (Phi) is 7.08. The van der Waals surface area contributed by atoms with Gasteiger partial charge in [0.1, 0.15) is 5.82 Å². The lowest BCUT2D eigenvalue weighted by Gasteiger charge is -2.33.